The first-order valence-corrected chi connectivity index (χ1v) is 9.94. The Morgan fingerprint density at radius 3 is 2.59 bits per heavy atom. The molecule has 0 radical (unpaired) electrons. The third kappa shape index (κ3) is 5.47. The number of benzene rings is 1. The van der Waals surface area contributed by atoms with E-state index >= 15 is 0 Å². The lowest BCUT2D eigenvalue weighted by atomic mass is 10.0. The van der Waals surface area contributed by atoms with Gasteiger partial charge in [0.2, 0.25) is 5.91 Å². The van der Waals surface area contributed by atoms with Gasteiger partial charge in [-0.2, -0.15) is 0 Å². The molecule has 0 saturated carbocycles. The Morgan fingerprint density at radius 1 is 1.21 bits per heavy atom. The number of aryl methyl sites for hydroxylation is 1. The molecule has 154 valence electrons. The number of carbonyl (C=O) groups is 2. The molecule has 1 aliphatic heterocycles. The minimum Gasteiger partial charge on any atom is -0.497 e. The van der Waals surface area contributed by atoms with Crippen LogP contribution >= 0.6 is 0 Å². The van der Waals surface area contributed by atoms with Crippen molar-refractivity contribution in [2.75, 3.05) is 26.7 Å². The molecule has 0 unspecified atom stereocenters. The molecule has 7 nitrogen and oxygen atoms in total. The smallest absolute Gasteiger partial charge is 0.318 e. The van der Waals surface area contributed by atoms with Crippen molar-refractivity contribution < 1.29 is 14.3 Å². The number of ether oxygens (including phenoxy) is 1. The fraction of sp³-hybridized carbons (Fsp3) is 0.409. The molecule has 29 heavy (non-hydrogen) atoms. The molecule has 0 bridgehead atoms. The van der Waals surface area contributed by atoms with Gasteiger partial charge in [-0.3, -0.25) is 9.78 Å². The highest BCUT2D eigenvalue weighted by atomic mass is 16.5. The van der Waals surface area contributed by atoms with Gasteiger partial charge in [0.1, 0.15) is 5.75 Å². The van der Waals surface area contributed by atoms with Crippen molar-refractivity contribution in [3.63, 3.8) is 0 Å². The van der Waals surface area contributed by atoms with E-state index in [0.29, 0.717) is 39.0 Å². The predicted molar refractivity (Wildman–Crippen MR) is 111 cm³/mol. The highest BCUT2D eigenvalue weighted by molar-refractivity contribution is 5.79. The van der Waals surface area contributed by atoms with E-state index < -0.39 is 0 Å². The summed E-state index contributed by atoms with van der Waals surface area (Å²) in [5.74, 6) is 0.930. The summed E-state index contributed by atoms with van der Waals surface area (Å²) in [7, 11) is 1.64. The molecule has 7 heteroatoms. The second-order valence-electron chi connectivity index (χ2n) is 7.13. The van der Waals surface area contributed by atoms with Crippen LogP contribution in [0, 0.1) is 0 Å². The minimum absolute atomic E-state index is 0.0201. The molecule has 1 aromatic carbocycles. The minimum atomic E-state index is -0.105. The highest BCUT2D eigenvalue weighted by Crippen LogP contribution is 2.20. The first-order chi connectivity index (χ1) is 14.1. The Morgan fingerprint density at radius 2 is 1.97 bits per heavy atom. The monoisotopic (exact) mass is 396 g/mol. The van der Waals surface area contributed by atoms with Crippen LogP contribution in [0.3, 0.4) is 0 Å². The van der Waals surface area contributed by atoms with Crippen LogP contribution in [-0.4, -0.2) is 59.5 Å². The third-order valence-corrected chi connectivity index (χ3v) is 5.11. The number of carbonyl (C=O) groups excluding carboxylic acids is 2. The maximum atomic E-state index is 12.5. The third-order valence-electron chi connectivity index (χ3n) is 5.11. The molecule has 3 rings (SSSR count). The van der Waals surface area contributed by atoms with Crippen LogP contribution in [0.1, 0.15) is 24.5 Å². The molecule has 1 fully saturated rings. The number of likely N-dealkylation sites (tertiary alicyclic amines) is 1. The summed E-state index contributed by atoms with van der Waals surface area (Å²) in [5.41, 5.74) is 2.08. The Labute approximate surface area is 171 Å². The van der Waals surface area contributed by atoms with E-state index in [1.807, 2.05) is 48.2 Å². The van der Waals surface area contributed by atoms with Gasteiger partial charge in [0, 0.05) is 45.0 Å². The summed E-state index contributed by atoms with van der Waals surface area (Å²) >= 11 is 0. The average Bonchev–Trinajstić information content (AvgIpc) is 2.71. The second-order valence-corrected chi connectivity index (χ2v) is 7.13. The van der Waals surface area contributed by atoms with Gasteiger partial charge in [-0.15, -0.1) is 0 Å². The van der Waals surface area contributed by atoms with Crippen LogP contribution in [0.25, 0.3) is 0 Å². The van der Waals surface area contributed by atoms with Gasteiger partial charge < -0.3 is 19.9 Å². The van der Waals surface area contributed by atoms with Gasteiger partial charge >= 0.3 is 6.03 Å². The van der Waals surface area contributed by atoms with Crippen molar-refractivity contribution in [3.05, 3.63) is 59.9 Å². The Hall–Kier alpha value is -3.09. The molecule has 1 aromatic heterocycles. The van der Waals surface area contributed by atoms with E-state index in [-0.39, 0.29) is 18.0 Å². The number of hydrogen-bond acceptors (Lipinski definition) is 4. The molecule has 1 aliphatic rings. The van der Waals surface area contributed by atoms with Crippen molar-refractivity contribution in [1.29, 1.82) is 0 Å². The van der Waals surface area contributed by atoms with Crippen molar-refractivity contribution >= 4 is 11.9 Å². The molecule has 1 saturated heterocycles. The summed E-state index contributed by atoms with van der Waals surface area (Å²) in [4.78, 5) is 32.8. The predicted octanol–water partition coefficient (Wildman–Crippen LogP) is 2.47. The number of rotatable bonds is 8. The van der Waals surface area contributed by atoms with Crippen molar-refractivity contribution in [3.8, 4) is 5.75 Å². The number of urea groups is 1. The van der Waals surface area contributed by atoms with Gasteiger partial charge in [0.05, 0.1) is 13.2 Å². The quantitative estimate of drug-likeness (QED) is 0.744. The van der Waals surface area contributed by atoms with E-state index in [1.165, 1.54) is 0 Å². The topological polar surface area (TPSA) is 74.8 Å². The lowest BCUT2D eigenvalue weighted by Crippen LogP contribution is -2.63. The van der Waals surface area contributed by atoms with Crippen LogP contribution < -0.4 is 10.1 Å². The van der Waals surface area contributed by atoms with E-state index in [9.17, 15) is 9.59 Å². The normalized spacial score (nSPS) is 13.5. The molecule has 0 spiro atoms. The maximum absolute atomic E-state index is 12.5. The SMILES string of the molecule is CCNC(=O)N(Cc1cccnc1)C1CN(C(=O)CCc2ccc(OC)cc2)C1. The number of aromatic nitrogens is 1. The van der Waals surface area contributed by atoms with Crippen molar-refractivity contribution in [2.45, 2.75) is 32.4 Å². The van der Waals surface area contributed by atoms with Crippen LogP contribution in [0.2, 0.25) is 0 Å². The standard InChI is InChI=1S/C22H28N4O3/c1-3-24-22(28)26(14-18-5-4-12-23-13-18)19-15-25(16-19)21(27)11-8-17-6-9-20(29-2)10-7-17/h4-7,9-10,12-13,19H,3,8,11,14-16H2,1-2H3,(H,24,28). The summed E-state index contributed by atoms with van der Waals surface area (Å²) in [6.45, 7) is 4.09. The van der Waals surface area contributed by atoms with Crippen LogP contribution in [0.15, 0.2) is 48.8 Å². The molecular weight excluding hydrogens is 368 g/mol. The lowest BCUT2D eigenvalue weighted by Gasteiger charge is -2.45. The number of nitrogens with zero attached hydrogens (tertiary/aromatic N) is 3. The number of hydrogen-bond donors (Lipinski definition) is 1. The van der Waals surface area contributed by atoms with Gasteiger partial charge in [0.25, 0.3) is 0 Å². The Balaban J connectivity index is 1.51. The summed E-state index contributed by atoms with van der Waals surface area (Å²) < 4.78 is 5.16. The fourth-order valence-electron chi connectivity index (χ4n) is 3.37. The molecule has 2 aromatic rings. The molecule has 0 aliphatic carbocycles. The van der Waals surface area contributed by atoms with Gasteiger partial charge in [-0.05, 0) is 42.7 Å². The van der Waals surface area contributed by atoms with Crippen LogP contribution in [-0.2, 0) is 17.8 Å². The summed E-state index contributed by atoms with van der Waals surface area (Å²) in [6, 6.07) is 11.5. The molecule has 1 N–H and O–H groups in total. The Bertz CT molecular complexity index is 805. The van der Waals surface area contributed by atoms with E-state index in [1.54, 1.807) is 24.4 Å². The maximum Gasteiger partial charge on any atom is 0.318 e. The van der Waals surface area contributed by atoms with E-state index in [4.69, 9.17) is 4.74 Å². The second kappa shape index (κ2) is 9.91. The zero-order chi connectivity index (χ0) is 20.6. The molecule has 3 amide bonds. The zero-order valence-corrected chi connectivity index (χ0v) is 17.0. The molecule has 2 heterocycles. The van der Waals surface area contributed by atoms with E-state index in [0.717, 1.165) is 16.9 Å². The first-order valence-electron chi connectivity index (χ1n) is 9.94. The van der Waals surface area contributed by atoms with Crippen molar-refractivity contribution in [1.82, 2.24) is 20.1 Å². The highest BCUT2D eigenvalue weighted by Gasteiger charge is 2.36. The van der Waals surface area contributed by atoms with Gasteiger partial charge in [-0.1, -0.05) is 18.2 Å². The first kappa shape index (κ1) is 20.6. The molecule has 0 atom stereocenters. The number of pyridine rings is 1. The van der Waals surface area contributed by atoms with Gasteiger partial charge in [0.15, 0.2) is 0 Å². The number of nitrogens with one attached hydrogen (secondary N) is 1. The zero-order valence-electron chi connectivity index (χ0n) is 17.0. The van der Waals surface area contributed by atoms with E-state index in [2.05, 4.69) is 10.3 Å². The van der Waals surface area contributed by atoms with Crippen LogP contribution in [0.4, 0.5) is 4.79 Å². The summed E-state index contributed by atoms with van der Waals surface area (Å²) in [5, 5.41) is 2.87. The fourth-order valence-corrected chi connectivity index (χ4v) is 3.37. The van der Waals surface area contributed by atoms with Crippen LogP contribution in [0.5, 0.6) is 5.75 Å². The summed E-state index contributed by atoms with van der Waals surface area (Å²) in [6.07, 6.45) is 4.64. The largest absolute Gasteiger partial charge is 0.497 e. The van der Waals surface area contributed by atoms with Crippen molar-refractivity contribution in [2.24, 2.45) is 0 Å². The number of methoxy groups -OCH3 is 1. The molecular formula is C22H28N4O3. The van der Waals surface area contributed by atoms with Gasteiger partial charge in [-0.25, -0.2) is 4.79 Å². The average molecular weight is 396 g/mol. The number of amides is 3. The Kier molecular flexibility index (Phi) is 7.05. The lowest BCUT2D eigenvalue weighted by molar-refractivity contribution is -0.137.